The highest BCUT2D eigenvalue weighted by molar-refractivity contribution is 5.41. The quantitative estimate of drug-likeness (QED) is 0.870. The Morgan fingerprint density at radius 3 is 2.61 bits per heavy atom. The summed E-state index contributed by atoms with van der Waals surface area (Å²) in [5.41, 5.74) is 3.92. The molecule has 3 nitrogen and oxygen atoms in total. The molecule has 0 saturated heterocycles. The van der Waals surface area contributed by atoms with E-state index < -0.39 is 0 Å². The molecule has 3 heteroatoms. The van der Waals surface area contributed by atoms with Crippen LogP contribution in [0, 0.1) is 19.3 Å². The minimum atomic E-state index is 0.410. The summed E-state index contributed by atoms with van der Waals surface area (Å²) in [6, 6.07) is 0.547. The molecule has 0 spiro atoms. The maximum Gasteiger partial charge on any atom is 0.128 e. The lowest BCUT2D eigenvalue weighted by atomic mass is 9.90. The third-order valence-corrected chi connectivity index (χ3v) is 4.51. The van der Waals surface area contributed by atoms with Crippen LogP contribution in [-0.2, 0) is 6.42 Å². The zero-order chi connectivity index (χ0) is 13.3. The second-order valence-corrected chi connectivity index (χ2v) is 5.60. The first-order chi connectivity index (χ1) is 8.54. The fraction of sp³-hybridized carbons (Fsp3) is 0.667. The summed E-state index contributed by atoms with van der Waals surface area (Å²) < 4.78 is 5.48. The highest BCUT2D eigenvalue weighted by Gasteiger charge is 2.47. The number of aromatic nitrogens is 1. The Balaban J connectivity index is 2.25. The van der Waals surface area contributed by atoms with E-state index in [2.05, 4.69) is 24.1 Å². The molecule has 1 aromatic heterocycles. The highest BCUT2D eigenvalue weighted by atomic mass is 16.5. The van der Waals surface area contributed by atoms with E-state index >= 15 is 0 Å². The van der Waals surface area contributed by atoms with Crippen molar-refractivity contribution in [2.75, 3.05) is 14.2 Å². The number of nitrogens with one attached hydrogen (secondary N) is 1. The maximum atomic E-state index is 5.48. The number of pyridine rings is 1. The van der Waals surface area contributed by atoms with Crippen molar-refractivity contribution in [1.82, 2.24) is 10.3 Å². The van der Waals surface area contributed by atoms with Gasteiger partial charge in [-0.3, -0.25) is 4.98 Å². The zero-order valence-corrected chi connectivity index (χ0v) is 12.1. The number of hydrogen-bond acceptors (Lipinski definition) is 3. The third kappa shape index (κ3) is 2.24. The third-order valence-electron chi connectivity index (χ3n) is 4.51. The Bertz CT molecular complexity index is 438. The summed E-state index contributed by atoms with van der Waals surface area (Å²) in [5.74, 6) is 0.993. The normalized spacial score (nSPS) is 18.5. The molecule has 0 aromatic carbocycles. The minimum absolute atomic E-state index is 0.410. The van der Waals surface area contributed by atoms with Gasteiger partial charge in [0.05, 0.1) is 7.11 Å². The largest absolute Gasteiger partial charge is 0.496 e. The van der Waals surface area contributed by atoms with Gasteiger partial charge in [-0.25, -0.2) is 0 Å². The van der Waals surface area contributed by atoms with Gasteiger partial charge in [-0.15, -0.1) is 0 Å². The standard InChI is InChI=1S/C15H24N2O/c1-10-9-17-13(11(2)14(10)18-5)8-15(6-7-15)12(3)16-4/h9,12,16H,6-8H2,1-5H3. The van der Waals surface area contributed by atoms with Gasteiger partial charge in [0.2, 0.25) is 0 Å². The van der Waals surface area contributed by atoms with Gasteiger partial charge in [0.25, 0.3) is 0 Å². The first kappa shape index (κ1) is 13.3. The van der Waals surface area contributed by atoms with Crippen LogP contribution in [0.15, 0.2) is 6.20 Å². The van der Waals surface area contributed by atoms with Crippen LogP contribution in [0.1, 0.15) is 36.6 Å². The molecule has 1 heterocycles. The summed E-state index contributed by atoms with van der Waals surface area (Å²) in [4.78, 5) is 4.62. The van der Waals surface area contributed by atoms with E-state index in [0.717, 1.165) is 17.7 Å². The van der Waals surface area contributed by atoms with E-state index in [4.69, 9.17) is 4.74 Å². The van der Waals surface area contributed by atoms with E-state index in [9.17, 15) is 0 Å². The van der Waals surface area contributed by atoms with Crippen LogP contribution >= 0.6 is 0 Å². The summed E-state index contributed by atoms with van der Waals surface area (Å²) in [6.07, 6.45) is 5.58. The lowest BCUT2D eigenvalue weighted by Crippen LogP contribution is -2.33. The van der Waals surface area contributed by atoms with Gasteiger partial charge in [-0.1, -0.05) is 0 Å². The van der Waals surface area contributed by atoms with Crippen LogP contribution in [0.25, 0.3) is 0 Å². The summed E-state index contributed by atoms with van der Waals surface area (Å²) >= 11 is 0. The second kappa shape index (κ2) is 4.88. The van der Waals surface area contributed by atoms with Gasteiger partial charge in [-0.2, -0.15) is 0 Å². The maximum absolute atomic E-state index is 5.48. The highest BCUT2D eigenvalue weighted by Crippen LogP contribution is 2.51. The molecule has 1 saturated carbocycles. The summed E-state index contributed by atoms with van der Waals surface area (Å²) in [7, 11) is 3.78. The van der Waals surface area contributed by atoms with Crippen molar-refractivity contribution >= 4 is 0 Å². The number of nitrogens with zero attached hydrogens (tertiary/aromatic N) is 1. The Labute approximate surface area is 110 Å². The predicted molar refractivity (Wildman–Crippen MR) is 74.2 cm³/mol. The van der Waals surface area contributed by atoms with Gasteiger partial charge in [0.15, 0.2) is 0 Å². The van der Waals surface area contributed by atoms with Crippen LogP contribution in [0.5, 0.6) is 5.75 Å². The number of rotatable bonds is 5. The molecule has 1 aliphatic carbocycles. The van der Waals surface area contributed by atoms with Crippen LogP contribution < -0.4 is 10.1 Å². The molecule has 1 N–H and O–H groups in total. The van der Waals surface area contributed by atoms with Crippen molar-refractivity contribution in [3.05, 3.63) is 23.0 Å². The molecule has 1 unspecified atom stereocenters. The van der Waals surface area contributed by atoms with E-state index in [1.165, 1.54) is 24.1 Å². The van der Waals surface area contributed by atoms with E-state index in [-0.39, 0.29) is 0 Å². The molecule has 100 valence electrons. The fourth-order valence-electron chi connectivity index (χ4n) is 2.81. The van der Waals surface area contributed by atoms with Gasteiger partial charge in [-0.05, 0) is 52.5 Å². The van der Waals surface area contributed by atoms with Crippen molar-refractivity contribution in [2.24, 2.45) is 5.41 Å². The molecule has 0 aliphatic heterocycles. The molecular weight excluding hydrogens is 224 g/mol. The van der Waals surface area contributed by atoms with Crippen molar-refractivity contribution < 1.29 is 4.74 Å². The first-order valence-electron chi connectivity index (χ1n) is 6.70. The van der Waals surface area contributed by atoms with E-state index in [1.54, 1.807) is 7.11 Å². The van der Waals surface area contributed by atoms with Gasteiger partial charge in [0, 0.05) is 29.1 Å². The molecule has 1 atom stereocenters. The molecule has 0 radical (unpaired) electrons. The van der Waals surface area contributed by atoms with Crippen LogP contribution in [-0.4, -0.2) is 25.2 Å². The number of ether oxygens (including phenoxy) is 1. The molecule has 0 bridgehead atoms. The number of hydrogen-bond donors (Lipinski definition) is 1. The topological polar surface area (TPSA) is 34.2 Å². The predicted octanol–water partition coefficient (Wildman–Crippen LogP) is 2.64. The average molecular weight is 248 g/mol. The lowest BCUT2D eigenvalue weighted by molar-refractivity contribution is 0.363. The van der Waals surface area contributed by atoms with Crippen LogP contribution in [0.4, 0.5) is 0 Å². The van der Waals surface area contributed by atoms with Crippen molar-refractivity contribution in [3.63, 3.8) is 0 Å². The van der Waals surface area contributed by atoms with Crippen molar-refractivity contribution in [3.8, 4) is 5.75 Å². The second-order valence-electron chi connectivity index (χ2n) is 5.60. The smallest absolute Gasteiger partial charge is 0.128 e. The summed E-state index contributed by atoms with van der Waals surface area (Å²) in [5, 5.41) is 3.39. The Kier molecular flexibility index (Phi) is 3.62. The van der Waals surface area contributed by atoms with E-state index in [0.29, 0.717) is 11.5 Å². The molecule has 1 fully saturated rings. The Morgan fingerprint density at radius 1 is 1.44 bits per heavy atom. The number of methoxy groups -OCH3 is 1. The Morgan fingerprint density at radius 2 is 2.11 bits per heavy atom. The molecule has 1 aliphatic rings. The molecule has 18 heavy (non-hydrogen) atoms. The van der Waals surface area contributed by atoms with Crippen LogP contribution in [0.2, 0.25) is 0 Å². The molecule has 2 rings (SSSR count). The van der Waals surface area contributed by atoms with Crippen molar-refractivity contribution in [2.45, 2.75) is 46.1 Å². The minimum Gasteiger partial charge on any atom is -0.496 e. The fourth-order valence-corrected chi connectivity index (χ4v) is 2.81. The monoisotopic (exact) mass is 248 g/mol. The Hall–Kier alpha value is -1.09. The molecule has 1 aromatic rings. The number of aryl methyl sites for hydroxylation is 1. The lowest BCUT2D eigenvalue weighted by Gasteiger charge is -2.24. The average Bonchev–Trinajstić information content (AvgIpc) is 3.14. The van der Waals surface area contributed by atoms with Gasteiger partial charge in [0.1, 0.15) is 5.75 Å². The first-order valence-corrected chi connectivity index (χ1v) is 6.70. The SMILES string of the molecule is CNC(C)C1(Cc2ncc(C)c(OC)c2C)CC1. The zero-order valence-electron chi connectivity index (χ0n) is 12.1. The van der Waals surface area contributed by atoms with Gasteiger partial charge >= 0.3 is 0 Å². The van der Waals surface area contributed by atoms with Crippen molar-refractivity contribution in [1.29, 1.82) is 0 Å². The van der Waals surface area contributed by atoms with Crippen LogP contribution in [0.3, 0.4) is 0 Å². The molecular formula is C15H24N2O. The molecule has 0 amide bonds. The van der Waals surface area contributed by atoms with E-state index in [1.807, 2.05) is 20.2 Å². The summed E-state index contributed by atoms with van der Waals surface area (Å²) in [6.45, 7) is 6.44. The van der Waals surface area contributed by atoms with Gasteiger partial charge < -0.3 is 10.1 Å².